The molecule has 84 valence electrons. The van der Waals surface area contributed by atoms with E-state index in [1.54, 1.807) is 0 Å². The molecule has 0 atom stereocenters. The van der Waals surface area contributed by atoms with Crippen molar-refractivity contribution in [2.24, 2.45) is 4.99 Å². The Hall–Kier alpha value is -2.04. The van der Waals surface area contributed by atoms with Crippen LogP contribution in [0.1, 0.15) is 6.92 Å². The van der Waals surface area contributed by atoms with Crippen LogP contribution in [0.15, 0.2) is 29.3 Å². The minimum Gasteiger partial charge on any atom is -0.354 e. The molecule has 5 nitrogen and oxygen atoms in total. The molecule has 0 saturated heterocycles. The number of carbonyl (C=O) groups is 1. The smallest absolute Gasteiger partial charge is 0.221 e. The van der Waals surface area contributed by atoms with Gasteiger partial charge in [-0.3, -0.25) is 9.79 Å². The Morgan fingerprint density at radius 2 is 2.00 bits per heavy atom. The first-order chi connectivity index (χ1) is 7.74. The molecule has 16 heavy (non-hydrogen) atoms. The van der Waals surface area contributed by atoms with E-state index in [2.05, 4.69) is 20.9 Å². The van der Waals surface area contributed by atoms with Crippen molar-refractivity contribution < 1.29 is 4.79 Å². The van der Waals surface area contributed by atoms with Crippen LogP contribution in [0, 0.1) is 0 Å². The maximum absolute atomic E-state index is 10.8. The van der Waals surface area contributed by atoms with Gasteiger partial charge >= 0.3 is 0 Å². The number of aliphatic imine (C=N–C) groups is 1. The van der Waals surface area contributed by atoms with Crippen LogP contribution < -0.4 is 16.0 Å². The number of guanidine groups is 1. The second-order valence-electron chi connectivity index (χ2n) is 3.54. The fourth-order valence-corrected chi connectivity index (χ4v) is 1.46. The van der Waals surface area contributed by atoms with Crippen LogP contribution in [0.3, 0.4) is 0 Å². The molecule has 0 spiro atoms. The largest absolute Gasteiger partial charge is 0.354 e. The van der Waals surface area contributed by atoms with Gasteiger partial charge in [-0.1, -0.05) is 0 Å². The van der Waals surface area contributed by atoms with Gasteiger partial charge < -0.3 is 16.0 Å². The molecule has 2 rings (SSSR count). The molecule has 1 heterocycles. The molecule has 0 aromatic heterocycles. The van der Waals surface area contributed by atoms with Crippen molar-refractivity contribution in [1.29, 1.82) is 0 Å². The SMILES string of the molecule is CC(=O)Nc1ccc(NC2=NCCN2)cc1. The van der Waals surface area contributed by atoms with Crippen LogP contribution in [-0.2, 0) is 4.79 Å². The summed E-state index contributed by atoms with van der Waals surface area (Å²) in [5.41, 5.74) is 1.74. The Balaban J connectivity index is 1.98. The van der Waals surface area contributed by atoms with Crippen molar-refractivity contribution in [3.8, 4) is 0 Å². The second kappa shape index (κ2) is 4.65. The molecule has 0 saturated carbocycles. The quantitative estimate of drug-likeness (QED) is 0.694. The highest BCUT2D eigenvalue weighted by atomic mass is 16.1. The zero-order valence-corrected chi connectivity index (χ0v) is 9.08. The first-order valence-corrected chi connectivity index (χ1v) is 5.17. The lowest BCUT2D eigenvalue weighted by atomic mass is 10.3. The lowest BCUT2D eigenvalue weighted by molar-refractivity contribution is -0.114. The van der Waals surface area contributed by atoms with Gasteiger partial charge in [-0.2, -0.15) is 0 Å². The summed E-state index contributed by atoms with van der Waals surface area (Å²) in [7, 11) is 0. The molecule has 3 N–H and O–H groups in total. The molecule has 0 fully saturated rings. The fourth-order valence-electron chi connectivity index (χ4n) is 1.46. The van der Waals surface area contributed by atoms with Gasteiger partial charge in [-0.05, 0) is 24.3 Å². The number of anilines is 2. The molecular formula is C11H14N4O. The third-order valence-corrected chi connectivity index (χ3v) is 2.14. The van der Waals surface area contributed by atoms with Crippen molar-refractivity contribution >= 4 is 23.2 Å². The molecule has 1 aromatic rings. The van der Waals surface area contributed by atoms with Crippen LogP contribution >= 0.6 is 0 Å². The predicted octanol–water partition coefficient (Wildman–Crippen LogP) is 1.02. The summed E-state index contributed by atoms with van der Waals surface area (Å²) in [5, 5.41) is 8.98. The van der Waals surface area contributed by atoms with Crippen LogP contribution in [0.25, 0.3) is 0 Å². The molecular weight excluding hydrogens is 204 g/mol. The second-order valence-corrected chi connectivity index (χ2v) is 3.54. The van der Waals surface area contributed by atoms with Gasteiger partial charge in [0.2, 0.25) is 5.91 Å². The highest BCUT2D eigenvalue weighted by Crippen LogP contribution is 2.13. The van der Waals surface area contributed by atoms with Crippen LogP contribution in [0.2, 0.25) is 0 Å². The average molecular weight is 218 g/mol. The van der Waals surface area contributed by atoms with Gasteiger partial charge in [-0.25, -0.2) is 0 Å². The normalized spacial score (nSPS) is 13.9. The van der Waals surface area contributed by atoms with E-state index in [1.807, 2.05) is 24.3 Å². The van der Waals surface area contributed by atoms with Crippen LogP contribution in [0.4, 0.5) is 11.4 Å². The monoisotopic (exact) mass is 218 g/mol. The summed E-state index contributed by atoms with van der Waals surface area (Å²) in [4.78, 5) is 15.0. The Morgan fingerprint density at radius 3 is 2.56 bits per heavy atom. The number of carbonyl (C=O) groups excluding carboxylic acids is 1. The fraction of sp³-hybridized carbons (Fsp3) is 0.273. The minimum atomic E-state index is -0.0671. The summed E-state index contributed by atoms with van der Waals surface area (Å²) in [5.74, 6) is 0.731. The molecule has 0 unspecified atom stereocenters. The zero-order valence-electron chi connectivity index (χ0n) is 9.08. The minimum absolute atomic E-state index is 0.0671. The van der Waals surface area contributed by atoms with Crippen LogP contribution in [-0.4, -0.2) is 25.0 Å². The van der Waals surface area contributed by atoms with E-state index in [1.165, 1.54) is 6.92 Å². The Labute approximate surface area is 94.0 Å². The summed E-state index contributed by atoms with van der Waals surface area (Å²) in [6.45, 7) is 3.18. The van der Waals surface area contributed by atoms with Crippen molar-refractivity contribution in [3.63, 3.8) is 0 Å². The Morgan fingerprint density at radius 1 is 1.31 bits per heavy atom. The highest BCUT2D eigenvalue weighted by Gasteiger charge is 2.04. The van der Waals surface area contributed by atoms with Gasteiger partial charge in [0, 0.05) is 24.8 Å². The van der Waals surface area contributed by atoms with Gasteiger partial charge in [0.05, 0.1) is 6.54 Å². The van der Waals surface area contributed by atoms with Gasteiger partial charge in [0.25, 0.3) is 0 Å². The summed E-state index contributed by atoms with van der Waals surface area (Å²) in [6, 6.07) is 7.49. The third kappa shape index (κ3) is 2.73. The van der Waals surface area contributed by atoms with Gasteiger partial charge in [0.1, 0.15) is 0 Å². The van der Waals surface area contributed by atoms with E-state index in [0.29, 0.717) is 0 Å². The molecule has 1 amide bonds. The maximum Gasteiger partial charge on any atom is 0.221 e. The van der Waals surface area contributed by atoms with Crippen LogP contribution in [0.5, 0.6) is 0 Å². The molecule has 0 bridgehead atoms. The molecule has 1 aliphatic rings. The van der Waals surface area contributed by atoms with E-state index >= 15 is 0 Å². The Kier molecular flexibility index (Phi) is 3.05. The summed E-state index contributed by atoms with van der Waals surface area (Å²) < 4.78 is 0. The maximum atomic E-state index is 10.8. The van der Waals surface area contributed by atoms with Crippen molar-refractivity contribution in [1.82, 2.24) is 5.32 Å². The lowest BCUT2D eigenvalue weighted by Crippen LogP contribution is -2.26. The van der Waals surface area contributed by atoms with E-state index in [4.69, 9.17) is 0 Å². The molecule has 1 aromatic carbocycles. The zero-order chi connectivity index (χ0) is 11.4. The lowest BCUT2D eigenvalue weighted by Gasteiger charge is -2.07. The highest BCUT2D eigenvalue weighted by molar-refractivity contribution is 5.95. The third-order valence-electron chi connectivity index (χ3n) is 2.14. The number of nitrogens with one attached hydrogen (secondary N) is 3. The topological polar surface area (TPSA) is 65.5 Å². The number of nitrogens with zero attached hydrogens (tertiary/aromatic N) is 1. The number of hydrogen-bond acceptors (Lipinski definition) is 4. The van der Waals surface area contributed by atoms with Crippen molar-refractivity contribution in [2.45, 2.75) is 6.92 Å². The molecule has 0 radical (unpaired) electrons. The van der Waals surface area contributed by atoms with Crippen molar-refractivity contribution in [3.05, 3.63) is 24.3 Å². The molecule has 5 heteroatoms. The van der Waals surface area contributed by atoms with E-state index in [0.717, 1.165) is 30.4 Å². The number of hydrogen-bond donors (Lipinski definition) is 3. The number of amides is 1. The average Bonchev–Trinajstić information content (AvgIpc) is 2.73. The predicted molar refractivity (Wildman–Crippen MR) is 64.7 cm³/mol. The number of benzene rings is 1. The van der Waals surface area contributed by atoms with E-state index in [-0.39, 0.29) is 5.91 Å². The van der Waals surface area contributed by atoms with Gasteiger partial charge in [-0.15, -0.1) is 0 Å². The van der Waals surface area contributed by atoms with Gasteiger partial charge in [0.15, 0.2) is 5.96 Å². The first-order valence-electron chi connectivity index (χ1n) is 5.17. The molecule has 1 aliphatic heterocycles. The van der Waals surface area contributed by atoms with E-state index in [9.17, 15) is 4.79 Å². The Bertz CT molecular complexity index is 410. The van der Waals surface area contributed by atoms with E-state index < -0.39 is 0 Å². The summed E-state index contributed by atoms with van der Waals surface area (Å²) in [6.07, 6.45) is 0. The van der Waals surface area contributed by atoms with Crippen molar-refractivity contribution in [2.75, 3.05) is 23.7 Å². The first kappa shape index (κ1) is 10.5. The standard InChI is InChI=1S/C11H14N4O/c1-8(16)14-9-2-4-10(5-3-9)15-11-12-6-7-13-11/h2-5H,6-7H2,1H3,(H,14,16)(H2,12,13,15). The molecule has 0 aliphatic carbocycles. The number of rotatable bonds is 2. The summed E-state index contributed by atoms with van der Waals surface area (Å²) >= 11 is 0.